The SMILES string of the molecule is CCOc1ccc(OCCNC(=O)NCCCOCC(C)C)cc1. The van der Waals surface area contributed by atoms with Gasteiger partial charge in [0.1, 0.15) is 18.1 Å². The predicted octanol–water partition coefficient (Wildman–Crippen LogP) is 2.83. The first-order chi connectivity index (χ1) is 11.6. The summed E-state index contributed by atoms with van der Waals surface area (Å²) in [5.74, 6) is 2.11. The minimum Gasteiger partial charge on any atom is -0.494 e. The zero-order chi connectivity index (χ0) is 17.6. The minimum atomic E-state index is -0.186. The summed E-state index contributed by atoms with van der Waals surface area (Å²) < 4.78 is 16.4. The summed E-state index contributed by atoms with van der Waals surface area (Å²) >= 11 is 0. The Morgan fingerprint density at radius 1 is 1.00 bits per heavy atom. The summed E-state index contributed by atoms with van der Waals surface area (Å²) in [6.07, 6.45) is 0.808. The molecule has 0 aliphatic carbocycles. The second-order valence-electron chi connectivity index (χ2n) is 5.76. The first kappa shape index (κ1) is 20.1. The van der Waals surface area contributed by atoms with E-state index in [1.807, 2.05) is 31.2 Å². The van der Waals surface area contributed by atoms with Crippen LogP contribution in [0.1, 0.15) is 27.2 Å². The third-order valence-electron chi connectivity index (χ3n) is 2.99. The van der Waals surface area contributed by atoms with Gasteiger partial charge in [-0.3, -0.25) is 0 Å². The van der Waals surface area contributed by atoms with E-state index in [1.54, 1.807) is 0 Å². The van der Waals surface area contributed by atoms with Gasteiger partial charge in [-0.1, -0.05) is 13.8 Å². The first-order valence-electron chi connectivity index (χ1n) is 8.57. The van der Waals surface area contributed by atoms with Gasteiger partial charge in [0.15, 0.2) is 0 Å². The largest absolute Gasteiger partial charge is 0.494 e. The van der Waals surface area contributed by atoms with Gasteiger partial charge in [-0.2, -0.15) is 0 Å². The van der Waals surface area contributed by atoms with Crippen LogP contribution in [-0.4, -0.2) is 45.5 Å². The summed E-state index contributed by atoms with van der Waals surface area (Å²) in [4.78, 5) is 11.6. The number of rotatable bonds is 12. The van der Waals surface area contributed by atoms with E-state index >= 15 is 0 Å². The number of benzene rings is 1. The summed E-state index contributed by atoms with van der Waals surface area (Å²) in [6.45, 7) is 9.70. The van der Waals surface area contributed by atoms with Crippen molar-refractivity contribution < 1.29 is 19.0 Å². The van der Waals surface area contributed by atoms with Gasteiger partial charge in [0, 0.05) is 19.8 Å². The number of amides is 2. The fourth-order valence-electron chi connectivity index (χ4n) is 1.89. The second kappa shape index (κ2) is 12.5. The molecule has 0 aromatic heterocycles. The zero-order valence-electron chi connectivity index (χ0n) is 15.0. The molecule has 0 unspecified atom stereocenters. The van der Waals surface area contributed by atoms with E-state index in [4.69, 9.17) is 14.2 Å². The summed E-state index contributed by atoms with van der Waals surface area (Å²) in [6, 6.07) is 7.24. The zero-order valence-corrected chi connectivity index (χ0v) is 15.0. The van der Waals surface area contributed by atoms with Crippen LogP contribution < -0.4 is 20.1 Å². The molecule has 0 saturated heterocycles. The summed E-state index contributed by atoms with van der Waals surface area (Å²) in [7, 11) is 0. The van der Waals surface area contributed by atoms with Gasteiger partial charge in [0.25, 0.3) is 0 Å². The van der Waals surface area contributed by atoms with Crippen LogP contribution in [0, 0.1) is 5.92 Å². The van der Waals surface area contributed by atoms with Crippen molar-refractivity contribution in [3.05, 3.63) is 24.3 Å². The van der Waals surface area contributed by atoms with Gasteiger partial charge < -0.3 is 24.8 Å². The van der Waals surface area contributed by atoms with Crippen molar-refractivity contribution in [2.45, 2.75) is 27.2 Å². The molecule has 0 spiro atoms. The molecule has 1 aromatic rings. The molecule has 24 heavy (non-hydrogen) atoms. The highest BCUT2D eigenvalue weighted by Gasteiger charge is 2.00. The number of hydrogen-bond donors (Lipinski definition) is 2. The maximum Gasteiger partial charge on any atom is 0.314 e. The molecule has 0 bridgehead atoms. The molecule has 136 valence electrons. The van der Waals surface area contributed by atoms with Crippen LogP contribution in [-0.2, 0) is 4.74 Å². The predicted molar refractivity (Wildman–Crippen MR) is 94.8 cm³/mol. The molecule has 0 atom stereocenters. The van der Waals surface area contributed by atoms with Crippen molar-refractivity contribution in [3.8, 4) is 11.5 Å². The number of ether oxygens (including phenoxy) is 3. The van der Waals surface area contributed by atoms with E-state index in [0.717, 1.165) is 24.5 Å². The second-order valence-corrected chi connectivity index (χ2v) is 5.76. The molecule has 0 radical (unpaired) electrons. The molecular weight excluding hydrogens is 308 g/mol. The van der Waals surface area contributed by atoms with Gasteiger partial charge in [-0.05, 0) is 43.5 Å². The van der Waals surface area contributed by atoms with Gasteiger partial charge in [-0.25, -0.2) is 4.79 Å². The molecule has 0 heterocycles. The van der Waals surface area contributed by atoms with Crippen molar-refractivity contribution in [2.75, 3.05) is 39.5 Å². The van der Waals surface area contributed by atoms with E-state index in [0.29, 0.717) is 38.8 Å². The van der Waals surface area contributed by atoms with Crippen LogP contribution in [0.4, 0.5) is 4.79 Å². The third kappa shape index (κ3) is 9.94. The number of nitrogens with one attached hydrogen (secondary N) is 2. The molecular formula is C18H30N2O4. The quantitative estimate of drug-likeness (QED) is 0.575. The normalized spacial score (nSPS) is 10.5. The Morgan fingerprint density at radius 2 is 1.62 bits per heavy atom. The average Bonchev–Trinajstić information content (AvgIpc) is 2.56. The van der Waals surface area contributed by atoms with Crippen molar-refractivity contribution in [2.24, 2.45) is 5.92 Å². The number of urea groups is 1. The number of hydrogen-bond acceptors (Lipinski definition) is 4. The van der Waals surface area contributed by atoms with Gasteiger partial charge in [-0.15, -0.1) is 0 Å². The van der Waals surface area contributed by atoms with Crippen LogP contribution in [0.5, 0.6) is 11.5 Å². The van der Waals surface area contributed by atoms with Gasteiger partial charge >= 0.3 is 6.03 Å². The Kier molecular flexibility index (Phi) is 10.4. The van der Waals surface area contributed by atoms with Crippen molar-refractivity contribution in [3.63, 3.8) is 0 Å². The molecule has 6 heteroatoms. The lowest BCUT2D eigenvalue weighted by atomic mass is 10.2. The Balaban J connectivity index is 2.01. The summed E-state index contributed by atoms with van der Waals surface area (Å²) in [5.41, 5.74) is 0. The molecule has 6 nitrogen and oxygen atoms in total. The fraction of sp³-hybridized carbons (Fsp3) is 0.611. The number of carbonyl (C=O) groups is 1. The van der Waals surface area contributed by atoms with Crippen molar-refractivity contribution >= 4 is 6.03 Å². The van der Waals surface area contributed by atoms with E-state index in [2.05, 4.69) is 24.5 Å². The van der Waals surface area contributed by atoms with Gasteiger partial charge in [0.2, 0.25) is 0 Å². The molecule has 2 amide bonds. The Labute approximate surface area is 144 Å². The van der Waals surface area contributed by atoms with Crippen LogP contribution in [0.2, 0.25) is 0 Å². The Bertz CT molecular complexity index is 449. The molecule has 1 rings (SSSR count). The topological polar surface area (TPSA) is 68.8 Å². The molecule has 2 N–H and O–H groups in total. The lowest BCUT2D eigenvalue weighted by Crippen LogP contribution is -2.38. The minimum absolute atomic E-state index is 0.186. The smallest absolute Gasteiger partial charge is 0.314 e. The highest BCUT2D eigenvalue weighted by molar-refractivity contribution is 5.73. The van der Waals surface area contributed by atoms with Crippen LogP contribution in [0.3, 0.4) is 0 Å². The monoisotopic (exact) mass is 338 g/mol. The lowest BCUT2D eigenvalue weighted by Gasteiger charge is -2.10. The maximum atomic E-state index is 11.6. The average molecular weight is 338 g/mol. The highest BCUT2D eigenvalue weighted by Crippen LogP contribution is 2.17. The van der Waals surface area contributed by atoms with E-state index in [1.165, 1.54) is 0 Å². The first-order valence-corrected chi connectivity index (χ1v) is 8.57. The van der Waals surface area contributed by atoms with Crippen molar-refractivity contribution in [1.82, 2.24) is 10.6 Å². The van der Waals surface area contributed by atoms with Crippen LogP contribution >= 0.6 is 0 Å². The molecule has 0 aliphatic rings. The maximum absolute atomic E-state index is 11.6. The molecule has 0 aliphatic heterocycles. The number of carbonyl (C=O) groups excluding carboxylic acids is 1. The van der Waals surface area contributed by atoms with E-state index in [-0.39, 0.29) is 6.03 Å². The lowest BCUT2D eigenvalue weighted by molar-refractivity contribution is 0.108. The molecule has 0 fully saturated rings. The van der Waals surface area contributed by atoms with Crippen LogP contribution in [0.25, 0.3) is 0 Å². The Hall–Kier alpha value is -1.95. The Morgan fingerprint density at radius 3 is 2.25 bits per heavy atom. The van der Waals surface area contributed by atoms with Crippen LogP contribution in [0.15, 0.2) is 24.3 Å². The van der Waals surface area contributed by atoms with E-state index < -0.39 is 0 Å². The molecule has 0 saturated carbocycles. The van der Waals surface area contributed by atoms with E-state index in [9.17, 15) is 4.79 Å². The third-order valence-corrected chi connectivity index (χ3v) is 2.99. The van der Waals surface area contributed by atoms with Crippen molar-refractivity contribution in [1.29, 1.82) is 0 Å². The molecule has 1 aromatic carbocycles. The summed E-state index contributed by atoms with van der Waals surface area (Å²) in [5, 5.41) is 5.54. The standard InChI is InChI=1S/C18H30N2O4/c1-4-23-16-6-8-17(9-7-16)24-13-11-20-18(21)19-10-5-12-22-14-15(2)3/h6-9,15H,4-5,10-14H2,1-3H3,(H2,19,20,21). The highest BCUT2D eigenvalue weighted by atomic mass is 16.5. The fourth-order valence-corrected chi connectivity index (χ4v) is 1.89. The van der Waals surface area contributed by atoms with Gasteiger partial charge in [0.05, 0.1) is 13.2 Å².